The fraction of sp³-hybridized carbons (Fsp3) is 0.100. The normalized spacial score (nSPS) is 10.4. The first-order chi connectivity index (χ1) is 5.92. The average molecular weight is 178 g/mol. The van der Waals surface area contributed by atoms with Crippen molar-refractivity contribution in [2.24, 2.45) is 0 Å². The highest BCUT2D eigenvalue weighted by Gasteiger charge is 1.98. The Morgan fingerprint density at radius 1 is 1.17 bits per heavy atom. The lowest BCUT2D eigenvalue weighted by Crippen LogP contribution is -1.84. The monoisotopic (exact) mass is 177 g/mol. The molecule has 2 heteroatoms. The van der Waals surface area contributed by atoms with Crippen LogP contribution in [-0.2, 0) is 5.88 Å². The Balaban J connectivity index is 2.79. The van der Waals surface area contributed by atoms with Gasteiger partial charge in [-0.1, -0.05) is 24.3 Å². The molecule has 2 aromatic rings. The third-order valence-corrected chi connectivity index (χ3v) is 2.15. The molecular formula is C10H8ClN. The van der Waals surface area contributed by atoms with Gasteiger partial charge in [-0.05, 0) is 11.6 Å². The van der Waals surface area contributed by atoms with Crippen LogP contribution < -0.4 is 0 Å². The van der Waals surface area contributed by atoms with Crippen molar-refractivity contribution in [2.45, 2.75) is 5.88 Å². The molecule has 0 saturated heterocycles. The van der Waals surface area contributed by atoms with Crippen LogP contribution in [0.4, 0.5) is 0 Å². The summed E-state index contributed by atoms with van der Waals surface area (Å²) >= 11 is 5.77. The number of nitrogens with zero attached hydrogens (tertiary/aromatic N) is 1. The highest BCUT2D eigenvalue weighted by Crippen LogP contribution is 2.16. The van der Waals surface area contributed by atoms with E-state index < -0.39 is 0 Å². The van der Waals surface area contributed by atoms with Crippen molar-refractivity contribution < 1.29 is 0 Å². The third-order valence-electron chi connectivity index (χ3n) is 1.86. The third kappa shape index (κ3) is 1.16. The number of halogens is 1. The standard InChI is InChI=1S/C10H8ClN/c11-7-9-4-1-3-8-5-2-6-12-10(8)9/h1-6H,7H2. The number of rotatable bonds is 1. The molecule has 0 aliphatic rings. The van der Waals surface area contributed by atoms with Crippen molar-refractivity contribution >= 4 is 22.5 Å². The predicted molar refractivity (Wildman–Crippen MR) is 51.3 cm³/mol. The molecule has 0 aliphatic heterocycles. The fourth-order valence-corrected chi connectivity index (χ4v) is 1.49. The van der Waals surface area contributed by atoms with Crippen molar-refractivity contribution in [1.82, 2.24) is 4.98 Å². The zero-order valence-electron chi connectivity index (χ0n) is 6.50. The predicted octanol–water partition coefficient (Wildman–Crippen LogP) is 2.97. The second-order valence-corrected chi connectivity index (χ2v) is 2.89. The molecule has 60 valence electrons. The van der Waals surface area contributed by atoms with Crippen LogP contribution in [-0.4, -0.2) is 4.98 Å². The Hall–Kier alpha value is -1.08. The SMILES string of the molecule is ClCc1cccc2cccnc12. The minimum Gasteiger partial charge on any atom is -0.256 e. The molecule has 0 N–H and O–H groups in total. The zero-order chi connectivity index (χ0) is 8.39. The average Bonchev–Trinajstić information content (AvgIpc) is 2.17. The smallest absolute Gasteiger partial charge is 0.0746 e. The first kappa shape index (κ1) is 7.56. The van der Waals surface area contributed by atoms with Gasteiger partial charge < -0.3 is 0 Å². The van der Waals surface area contributed by atoms with Crippen LogP contribution in [0.25, 0.3) is 10.9 Å². The van der Waals surface area contributed by atoms with Gasteiger partial charge >= 0.3 is 0 Å². The summed E-state index contributed by atoms with van der Waals surface area (Å²) < 4.78 is 0. The molecule has 0 unspecified atom stereocenters. The lowest BCUT2D eigenvalue weighted by atomic mass is 10.1. The van der Waals surface area contributed by atoms with E-state index in [0.29, 0.717) is 5.88 Å². The van der Waals surface area contributed by atoms with Crippen LogP contribution in [0.15, 0.2) is 36.5 Å². The van der Waals surface area contributed by atoms with E-state index in [4.69, 9.17) is 11.6 Å². The van der Waals surface area contributed by atoms with Crippen LogP contribution in [0.3, 0.4) is 0 Å². The fourth-order valence-electron chi connectivity index (χ4n) is 1.28. The van der Waals surface area contributed by atoms with Gasteiger partial charge in [0.2, 0.25) is 0 Å². The van der Waals surface area contributed by atoms with Gasteiger partial charge in [-0.15, -0.1) is 11.6 Å². The van der Waals surface area contributed by atoms with Crippen molar-refractivity contribution in [3.05, 3.63) is 42.1 Å². The van der Waals surface area contributed by atoms with Crippen LogP contribution >= 0.6 is 11.6 Å². The Labute approximate surface area is 76.0 Å². The Morgan fingerprint density at radius 3 is 2.83 bits per heavy atom. The van der Waals surface area contributed by atoms with Crippen LogP contribution in [0.2, 0.25) is 0 Å². The van der Waals surface area contributed by atoms with Crippen molar-refractivity contribution in [2.75, 3.05) is 0 Å². The molecule has 0 bridgehead atoms. The topological polar surface area (TPSA) is 12.9 Å². The zero-order valence-corrected chi connectivity index (χ0v) is 7.25. The minimum atomic E-state index is 0.522. The largest absolute Gasteiger partial charge is 0.256 e. The quantitative estimate of drug-likeness (QED) is 0.611. The summed E-state index contributed by atoms with van der Waals surface area (Å²) in [4.78, 5) is 4.27. The second-order valence-electron chi connectivity index (χ2n) is 2.63. The number of aromatic nitrogens is 1. The van der Waals surface area contributed by atoms with E-state index >= 15 is 0 Å². The van der Waals surface area contributed by atoms with E-state index in [1.807, 2.05) is 30.3 Å². The highest BCUT2D eigenvalue weighted by atomic mass is 35.5. The maximum atomic E-state index is 5.77. The Bertz CT molecular complexity index is 392. The van der Waals surface area contributed by atoms with Crippen LogP contribution in [0.5, 0.6) is 0 Å². The summed E-state index contributed by atoms with van der Waals surface area (Å²) in [5, 5.41) is 1.15. The van der Waals surface area contributed by atoms with E-state index in [1.165, 1.54) is 0 Å². The molecule has 1 aromatic heterocycles. The van der Waals surface area contributed by atoms with Crippen molar-refractivity contribution in [3.8, 4) is 0 Å². The lowest BCUT2D eigenvalue weighted by molar-refractivity contribution is 1.34. The van der Waals surface area contributed by atoms with Crippen LogP contribution in [0.1, 0.15) is 5.56 Å². The van der Waals surface area contributed by atoms with Gasteiger partial charge in [0, 0.05) is 17.5 Å². The second kappa shape index (κ2) is 3.11. The highest BCUT2D eigenvalue weighted by molar-refractivity contribution is 6.17. The van der Waals surface area contributed by atoms with Gasteiger partial charge in [0.25, 0.3) is 0 Å². The summed E-state index contributed by atoms with van der Waals surface area (Å²) in [6.07, 6.45) is 1.79. The number of hydrogen-bond acceptors (Lipinski definition) is 1. The maximum absolute atomic E-state index is 5.77. The molecule has 0 amide bonds. The molecule has 0 spiro atoms. The summed E-state index contributed by atoms with van der Waals surface area (Å²) in [5.74, 6) is 0.522. The first-order valence-electron chi connectivity index (χ1n) is 3.80. The van der Waals surface area contributed by atoms with Gasteiger partial charge in [0.1, 0.15) is 0 Å². The van der Waals surface area contributed by atoms with Gasteiger partial charge in [-0.2, -0.15) is 0 Å². The summed E-state index contributed by atoms with van der Waals surface area (Å²) in [5.41, 5.74) is 2.10. The Morgan fingerprint density at radius 2 is 2.00 bits per heavy atom. The number of fused-ring (bicyclic) bond motifs is 1. The van der Waals surface area contributed by atoms with E-state index in [1.54, 1.807) is 6.20 Å². The van der Waals surface area contributed by atoms with E-state index in [9.17, 15) is 0 Å². The number of benzene rings is 1. The van der Waals surface area contributed by atoms with Crippen LogP contribution in [0, 0.1) is 0 Å². The number of alkyl halides is 1. The summed E-state index contributed by atoms with van der Waals surface area (Å²) in [6, 6.07) is 10.0. The van der Waals surface area contributed by atoms with Crippen molar-refractivity contribution in [3.63, 3.8) is 0 Å². The number of para-hydroxylation sites is 1. The molecule has 2 rings (SSSR count). The Kier molecular flexibility index (Phi) is 1.96. The summed E-state index contributed by atoms with van der Waals surface area (Å²) in [6.45, 7) is 0. The molecule has 0 aliphatic carbocycles. The molecule has 0 atom stereocenters. The van der Waals surface area contributed by atoms with E-state index in [-0.39, 0.29) is 0 Å². The van der Waals surface area contributed by atoms with Gasteiger partial charge in [-0.25, -0.2) is 0 Å². The molecule has 0 saturated carbocycles. The van der Waals surface area contributed by atoms with Gasteiger partial charge in [0.15, 0.2) is 0 Å². The molecular weight excluding hydrogens is 170 g/mol. The maximum Gasteiger partial charge on any atom is 0.0746 e. The van der Waals surface area contributed by atoms with E-state index in [2.05, 4.69) is 4.98 Å². The first-order valence-corrected chi connectivity index (χ1v) is 4.34. The minimum absolute atomic E-state index is 0.522. The lowest BCUT2D eigenvalue weighted by Gasteiger charge is -2.00. The summed E-state index contributed by atoms with van der Waals surface area (Å²) in [7, 11) is 0. The molecule has 0 radical (unpaired) electrons. The number of hydrogen-bond donors (Lipinski definition) is 0. The molecule has 1 nitrogen and oxygen atoms in total. The molecule has 1 heterocycles. The van der Waals surface area contributed by atoms with Crippen molar-refractivity contribution in [1.29, 1.82) is 0 Å². The van der Waals surface area contributed by atoms with Gasteiger partial charge in [-0.3, -0.25) is 4.98 Å². The molecule has 1 aromatic carbocycles. The number of pyridine rings is 1. The van der Waals surface area contributed by atoms with E-state index in [0.717, 1.165) is 16.5 Å². The molecule has 0 fully saturated rings. The van der Waals surface area contributed by atoms with Gasteiger partial charge in [0.05, 0.1) is 5.52 Å². The molecule has 12 heavy (non-hydrogen) atoms.